The van der Waals surface area contributed by atoms with Crippen molar-refractivity contribution in [3.8, 4) is 0 Å². The lowest BCUT2D eigenvalue weighted by atomic mass is 10.1. The lowest BCUT2D eigenvalue weighted by molar-refractivity contribution is -0.142. The van der Waals surface area contributed by atoms with E-state index in [-0.39, 0.29) is 23.5 Å². The normalized spacial score (nSPS) is 17.9. The molecule has 1 aliphatic rings. The van der Waals surface area contributed by atoms with Crippen LogP contribution in [-0.2, 0) is 24.3 Å². The summed E-state index contributed by atoms with van der Waals surface area (Å²) in [6.07, 6.45) is 1.95. The summed E-state index contributed by atoms with van der Waals surface area (Å²) in [6.45, 7) is 9.77. The largest absolute Gasteiger partial charge is 0.376 e. The van der Waals surface area contributed by atoms with Crippen LogP contribution in [0.15, 0.2) is 29.2 Å². The molecule has 1 aromatic carbocycles. The quantitative estimate of drug-likeness (QED) is 0.595. The van der Waals surface area contributed by atoms with Crippen molar-refractivity contribution in [3.63, 3.8) is 0 Å². The Balaban J connectivity index is 2.16. The van der Waals surface area contributed by atoms with Gasteiger partial charge in [0.25, 0.3) is 0 Å². The van der Waals surface area contributed by atoms with E-state index in [4.69, 9.17) is 4.74 Å². The molecule has 0 aromatic heterocycles. The molecule has 9 heteroatoms. The molecule has 2 N–H and O–H groups in total. The van der Waals surface area contributed by atoms with E-state index in [9.17, 15) is 18.0 Å². The maximum absolute atomic E-state index is 13.1. The predicted octanol–water partition coefficient (Wildman–Crippen LogP) is 1.97. The SMILES string of the molecule is CC[C@@H](C(=O)NC(C)(C)C)N(C[C@H]1CCCO1)C(=O)CNS(=O)(=O)c1ccc(C)cc1. The van der Waals surface area contributed by atoms with Crippen LogP contribution >= 0.6 is 0 Å². The summed E-state index contributed by atoms with van der Waals surface area (Å²) in [4.78, 5) is 27.5. The summed E-state index contributed by atoms with van der Waals surface area (Å²) >= 11 is 0. The van der Waals surface area contributed by atoms with E-state index in [0.29, 0.717) is 13.0 Å². The second-order valence-corrected chi connectivity index (χ2v) is 10.7. The molecule has 8 nitrogen and oxygen atoms in total. The van der Waals surface area contributed by atoms with Crippen LogP contribution in [0.25, 0.3) is 0 Å². The van der Waals surface area contributed by atoms with Crippen LogP contribution in [0.3, 0.4) is 0 Å². The number of aryl methyl sites for hydroxylation is 1. The van der Waals surface area contributed by atoms with E-state index >= 15 is 0 Å². The van der Waals surface area contributed by atoms with Gasteiger partial charge in [-0.15, -0.1) is 0 Å². The number of ether oxygens (including phenoxy) is 1. The Morgan fingerprint density at radius 1 is 1.23 bits per heavy atom. The number of benzene rings is 1. The summed E-state index contributed by atoms with van der Waals surface area (Å²) in [5.41, 5.74) is 0.490. The monoisotopic (exact) mass is 453 g/mol. The smallest absolute Gasteiger partial charge is 0.243 e. The second kappa shape index (κ2) is 10.6. The minimum Gasteiger partial charge on any atom is -0.376 e. The third-order valence-electron chi connectivity index (χ3n) is 5.05. The first-order valence-corrected chi connectivity index (χ1v) is 12.2. The summed E-state index contributed by atoms with van der Waals surface area (Å²) in [5.74, 6) is -0.718. The van der Waals surface area contributed by atoms with Gasteiger partial charge in [0.1, 0.15) is 6.04 Å². The van der Waals surface area contributed by atoms with E-state index in [2.05, 4.69) is 10.0 Å². The molecule has 2 atom stereocenters. The zero-order valence-electron chi connectivity index (χ0n) is 19.1. The van der Waals surface area contributed by atoms with Crippen molar-refractivity contribution < 1.29 is 22.7 Å². The van der Waals surface area contributed by atoms with Crippen molar-refractivity contribution >= 4 is 21.8 Å². The Kier molecular flexibility index (Phi) is 8.62. The van der Waals surface area contributed by atoms with Crippen molar-refractivity contribution in [2.45, 2.75) is 76.5 Å². The van der Waals surface area contributed by atoms with E-state index in [1.807, 2.05) is 34.6 Å². The molecule has 1 fully saturated rings. The van der Waals surface area contributed by atoms with Gasteiger partial charge in [-0.2, -0.15) is 0 Å². The highest BCUT2D eigenvalue weighted by molar-refractivity contribution is 7.89. The molecular weight excluding hydrogens is 418 g/mol. The number of hydrogen-bond donors (Lipinski definition) is 2. The van der Waals surface area contributed by atoms with Crippen LogP contribution in [0, 0.1) is 6.92 Å². The van der Waals surface area contributed by atoms with Crippen molar-refractivity contribution in [2.75, 3.05) is 19.7 Å². The van der Waals surface area contributed by atoms with Crippen molar-refractivity contribution in [1.82, 2.24) is 14.9 Å². The van der Waals surface area contributed by atoms with Crippen LogP contribution in [0.2, 0.25) is 0 Å². The van der Waals surface area contributed by atoms with Crippen LogP contribution in [-0.4, -0.2) is 62.5 Å². The topological polar surface area (TPSA) is 105 Å². The van der Waals surface area contributed by atoms with E-state index in [1.54, 1.807) is 12.1 Å². The van der Waals surface area contributed by atoms with Gasteiger partial charge in [-0.1, -0.05) is 24.6 Å². The van der Waals surface area contributed by atoms with E-state index in [1.165, 1.54) is 17.0 Å². The van der Waals surface area contributed by atoms with E-state index < -0.39 is 34.1 Å². The van der Waals surface area contributed by atoms with Gasteiger partial charge in [0.05, 0.1) is 17.5 Å². The predicted molar refractivity (Wildman–Crippen MR) is 119 cm³/mol. The standard InChI is InChI=1S/C22H35N3O5S/c1-6-19(21(27)24-22(3,4)5)25(15-17-8-7-13-30-17)20(26)14-23-31(28,29)18-11-9-16(2)10-12-18/h9-12,17,19,23H,6-8,13-15H2,1-5H3,(H,24,27)/t17-,19+/m1/s1. The van der Waals surface area contributed by atoms with Gasteiger partial charge >= 0.3 is 0 Å². The first-order valence-electron chi connectivity index (χ1n) is 10.7. The van der Waals surface area contributed by atoms with Crippen LogP contribution in [0.1, 0.15) is 52.5 Å². The Bertz CT molecular complexity index is 856. The van der Waals surface area contributed by atoms with Gasteiger partial charge in [0.15, 0.2) is 0 Å². The number of sulfonamides is 1. The minimum atomic E-state index is -3.84. The summed E-state index contributed by atoms with van der Waals surface area (Å²) in [6, 6.07) is 5.68. The van der Waals surface area contributed by atoms with Gasteiger partial charge < -0.3 is 15.0 Å². The number of carbonyl (C=O) groups is 2. The molecule has 0 saturated carbocycles. The Morgan fingerprint density at radius 2 is 1.87 bits per heavy atom. The van der Waals surface area contributed by atoms with Crippen molar-refractivity contribution in [2.24, 2.45) is 0 Å². The molecule has 0 radical (unpaired) electrons. The fraction of sp³-hybridized carbons (Fsp3) is 0.636. The fourth-order valence-electron chi connectivity index (χ4n) is 3.47. The maximum Gasteiger partial charge on any atom is 0.243 e. The molecule has 0 spiro atoms. The highest BCUT2D eigenvalue weighted by Crippen LogP contribution is 2.17. The fourth-order valence-corrected chi connectivity index (χ4v) is 4.44. The molecule has 1 saturated heterocycles. The first-order chi connectivity index (χ1) is 14.4. The number of rotatable bonds is 9. The highest BCUT2D eigenvalue weighted by Gasteiger charge is 2.33. The summed E-state index contributed by atoms with van der Waals surface area (Å²) in [5, 5.41) is 2.92. The van der Waals surface area contributed by atoms with Gasteiger partial charge in [-0.25, -0.2) is 13.1 Å². The van der Waals surface area contributed by atoms with Crippen molar-refractivity contribution in [1.29, 1.82) is 0 Å². The first kappa shape index (κ1) is 25.3. The second-order valence-electron chi connectivity index (χ2n) is 8.98. The molecule has 174 valence electrons. The Hall–Kier alpha value is -1.97. The summed E-state index contributed by atoms with van der Waals surface area (Å²) in [7, 11) is -3.84. The maximum atomic E-state index is 13.1. The van der Waals surface area contributed by atoms with Gasteiger partial charge in [-0.05, 0) is 59.1 Å². The van der Waals surface area contributed by atoms with E-state index in [0.717, 1.165) is 18.4 Å². The number of hydrogen-bond acceptors (Lipinski definition) is 5. The molecule has 0 bridgehead atoms. The molecular formula is C22H35N3O5S. The highest BCUT2D eigenvalue weighted by atomic mass is 32.2. The van der Waals surface area contributed by atoms with Gasteiger partial charge in [-0.3, -0.25) is 9.59 Å². The Morgan fingerprint density at radius 3 is 2.39 bits per heavy atom. The molecule has 31 heavy (non-hydrogen) atoms. The minimum absolute atomic E-state index is 0.0918. The summed E-state index contributed by atoms with van der Waals surface area (Å²) < 4.78 is 33.2. The zero-order valence-corrected chi connectivity index (χ0v) is 19.9. The lowest BCUT2D eigenvalue weighted by Crippen LogP contribution is -2.56. The lowest BCUT2D eigenvalue weighted by Gasteiger charge is -2.34. The average molecular weight is 454 g/mol. The molecule has 1 heterocycles. The zero-order chi connectivity index (χ0) is 23.2. The Labute approximate surface area is 185 Å². The third-order valence-corrected chi connectivity index (χ3v) is 6.47. The van der Waals surface area contributed by atoms with Gasteiger partial charge in [0.2, 0.25) is 21.8 Å². The molecule has 0 aliphatic carbocycles. The number of nitrogens with one attached hydrogen (secondary N) is 2. The molecule has 1 aromatic rings. The molecule has 1 aliphatic heterocycles. The van der Waals surface area contributed by atoms with Crippen LogP contribution < -0.4 is 10.0 Å². The molecule has 2 amide bonds. The number of nitrogens with zero attached hydrogens (tertiary/aromatic N) is 1. The van der Waals surface area contributed by atoms with Gasteiger partial charge in [0, 0.05) is 18.7 Å². The molecule has 2 rings (SSSR count). The van der Waals surface area contributed by atoms with Crippen LogP contribution in [0.5, 0.6) is 0 Å². The van der Waals surface area contributed by atoms with Crippen LogP contribution in [0.4, 0.5) is 0 Å². The number of carbonyl (C=O) groups excluding carboxylic acids is 2. The van der Waals surface area contributed by atoms with Crippen molar-refractivity contribution in [3.05, 3.63) is 29.8 Å². The molecule has 0 unspecified atom stereocenters. The number of amides is 2. The average Bonchev–Trinajstić information content (AvgIpc) is 3.18. The third kappa shape index (κ3) is 7.59.